The lowest BCUT2D eigenvalue weighted by molar-refractivity contribution is -0.128. The summed E-state index contributed by atoms with van der Waals surface area (Å²) in [6.45, 7) is 7.64. The molecule has 98 valence electrons. The molecule has 0 fully saturated rings. The molecule has 0 aromatic heterocycles. The number of carbonyl (C=O) groups is 2. The lowest BCUT2D eigenvalue weighted by atomic mass is 9.91. The van der Waals surface area contributed by atoms with E-state index in [-0.39, 0.29) is 18.2 Å². The van der Waals surface area contributed by atoms with Crippen LogP contribution in [0.4, 0.5) is 0 Å². The SMILES string of the molecule is Cc1cccc(CC(=O)NCC(=O)C(C)(C)C)c1. The summed E-state index contributed by atoms with van der Waals surface area (Å²) in [5.41, 5.74) is 1.69. The monoisotopic (exact) mass is 247 g/mol. The third-order valence-corrected chi connectivity index (χ3v) is 2.73. The average Bonchev–Trinajstić information content (AvgIpc) is 2.24. The first kappa shape index (κ1) is 14.4. The van der Waals surface area contributed by atoms with Crippen molar-refractivity contribution in [1.82, 2.24) is 5.32 Å². The maximum atomic E-state index is 11.7. The minimum atomic E-state index is -0.406. The normalized spacial score (nSPS) is 11.1. The molecule has 1 N–H and O–H groups in total. The van der Waals surface area contributed by atoms with Gasteiger partial charge < -0.3 is 5.32 Å². The van der Waals surface area contributed by atoms with E-state index in [0.717, 1.165) is 11.1 Å². The number of hydrogen-bond donors (Lipinski definition) is 1. The second kappa shape index (κ2) is 5.80. The van der Waals surface area contributed by atoms with E-state index < -0.39 is 5.41 Å². The van der Waals surface area contributed by atoms with Crippen molar-refractivity contribution < 1.29 is 9.59 Å². The number of Topliss-reactive ketones (excluding diaryl/α,β-unsaturated/α-hetero) is 1. The molecule has 0 spiro atoms. The van der Waals surface area contributed by atoms with Crippen molar-refractivity contribution in [1.29, 1.82) is 0 Å². The largest absolute Gasteiger partial charge is 0.349 e. The zero-order valence-corrected chi connectivity index (χ0v) is 11.5. The molecule has 1 aromatic rings. The Hall–Kier alpha value is -1.64. The van der Waals surface area contributed by atoms with Gasteiger partial charge in [-0.15, -0.1) is 0 Å². The molecule has 0 bridgehead atoms. The summed E-state index contributed by atoms with van der Waals surface area (Å²) in [7, 11) is 0. The average molecular weight is 247 g/mol. The molecular formula is C15H21NO2. The van der Waals surface area contributed by atoms with Gasteiger partial charge in [-0.2, -0.15) is 0 Å². The van der Waals surface area contributed by atoms with Gasteiger partial charge in [0.15, 0.2) is 5.78 Å². The van der Waals surface area contributed by atoms with Crippen LogP contribution in [0.1, 0.15) is 31.9 Å². The van der Waals surface area contributed by atoms with Crippen LogP contribution in [-0.4, -0.2) is 18.2 Å². The number of hydrogen-bond acceptors (Lipinski definition) is 2. The van der Waals surface area contributed by atoms with Crippen LogP contribution in [0.15, 0.2) is 24.3 Å². The molecule has 1 amide bonds. The lowest BCUT2D eigenvalue weighted by Crippen LogP contribution is -2.36. The predicted molar refractivity (Wildman–Crippen MR) is 72.4 cm³/mol. The van der Waals surface area contributed by atoms with Gasteiger partial charge in [0.1, 0.15) is 0 Å². The number of amides is 1. The lowest BCUT2D eigenvalue weighted by Gasteiger charge is -2.16. The first-order valence-corrected chi connectivity index (χ1v) is 6.14. The summed E-state index contributed by atoms with van der Waals surface area (Å²) in [6.07, 6.45) is 0.319. The fourth-order valence-corrected chi connectivity index (χ4v) is 1.51. The minimum Gasteiger partial charge on any atom is -0.349 e. The van der Waals surface area contributed by atoms with E-state index in [9.17, 15) is 9.59 Å². The maximum Gasteiger partial charge on any atom is 0.224 e. The van der Waals surface area contributed by atoms with E-state index in [2.05, 4.69) is 5.32 Å². The molecule has 1 rings (SSSR count). The molecule has 3 nitrogen and oxygen atoms in total. The molecule has 0 aliphatic heterocycles. The van der Waals surface area contributed by atoms with Gasteiger partial charge in [0.05, 0.1) is 13.0 Å². The Morgan fingerprint density at radius 1 is 1.22 bits per heavy atom. The fourth-order valence-electron chi connectivity index (χ4n) is 1.51. The number of benzene rings is 1. The van der Waals surface area contributed by atoms with Gasteiger partial charge in [-0.3, -0.25) is 9.59 Å². The standard InChI is InChI=1S/C15H21NO2/c1-11-6-5-7-12(8-11)9-14(18)16-10-13(17)15(2,3)4/h5-8H,9-10H2,1-4H3,(H,16,18). The molecule has 0 aliphatic carbocycles. The minimum absolute atomic E-state index is 0.0418. The van der Waals surface area contributed by atoms with Gasteiger partial charge in [0, 0.05) is 5.41 Å². The van der Waals surface area contributed by atoms with Crippen LogP contribution in [-0.2, 0) is 16.0 Å². The number of carbonyl (C=O) groups excluding carboxylic acids is 2. The predicted octanol–water partition coefficient (Wildman–Crippen LogP) is 2.27. The molecular weight excluding hydrogens is 226 g/mol. The van der Waals surface area contributed by atoms with Gasteiger partial charge in [-0.1, -0.05) is 50.6 Å². The van der Waals surface area contributed by atoms with Crippen molar-refractivity contribution in [3.8, 4) is 0 Å². The number of ketones is 1. The molecule has 0 radical (unpaired) electrons. The second-order valence-electron chi connectivity index (χ2n) is 5.62. The summed E-state index contributed by atoms with van der Waals surface area (Å²) in [5, 5.41) is 2.67. The Labute approximate surface area is 109 Å². The third kappa shape index (κ3) is 4.70. The highest BCUT2D eigenvalue weighted by Gasteiger charge is 2.21. The first-order valence-electron chi connectivity index (χ1n) is 6.14. The highest BCUT2D eigenvalue weighted by atomic mass is 16.2. The molecule has 0 saturated heterocycles. The van der Waals surface area contributed by atoms with Crippen molar-refractivity contribution in [2.45, 2.75) is 34.1 Å². The highest BCUT2D eigenvalue weighted by molar-refractivity contribution is 5.89. The van der Waals surface area contributed by atoms with Crippen molar-refractivity contribution in [2.75, 3.05) is 6.54 Å². The van der Waals surface area contributed by atoms with Crippen LogP contribution in [0.5, 0.6) is 0 Å². The Morgan fingerprint density at radius 3 is 2.44 bits per heavy atom. The number of aryl methyl sites for hydroxylation is 1. The molecule has 0 atom stereocenters. The fraction of sp³-hybridized carbons (Fsp3) is 0.467. The summed E-state index contributed by atoms with van der Waals surface area (Å²) < 4.78 is 0. The molecule has 0 heterocycles. The molecule has 18 heavy (non-hydrogen) atoms. The number of nitrogens with one attached hydrogen (secondary N) is 1. The van der Waals surface area contributed by atoms with Crippen molar-refractivity contribution in [2.24, 2.45) is 5.41 Å². The van der Waals surface area contributed by atoms with Crippen LogP contribution in [0.2, 0.25) is 0 Å². The van der Waals surface area contributed by atoms with Crippen LogP contribution in [0.3, 0.4) is 0 Å². The van der Waals surface area contributed by atoms with E-state index in [4.69, 9.17) is 0 Å². The van der Waals surface area contributed by atoms with Gasteiger partial charge in [0.25, 0.3) is 0 Å². The molecule has 0 aliphatic rings. The van der Waals surface area contributed by atoms with Crippen molar-refractivity contribution >= 4 is 11.7 Å². The Bertz CT molecular complexity index is 444. The van der Waals surface area contributed by atoms with E-state index in [1.165, 1.54) is 0 Å². The molecule has 3 heteroatoms. The zero-order chi connectivity index (χ0) is 13.8. The maximum absolute atomic E-state index is 11.7. The van der Waals surface area contributed by atoms with Crippen LogP contribution in [0, 0.1) is 12.3 Å². The van der Waals surface area contributed by atoms with Crippen LogP contribution in [0.25, 0.3) is 0 Å². The summed E-state index contributed by atoms with van der Waals surface area (Å²) in [4.78, 5) is 23.4. The van der Waals surface area contributed by atoms with Gasteiger partial charge in [-0.25, -0.2) is 0 Å². The molecule has 1 aromatic carbocycles. The number of rotatable bonds is 4. The summed E-state index contributed by atoms with van der Waals surface area (Å²) in [6, 6.07) is 7.81. The topological polar surface area (TPSA) is 46.2 Å². The summed E-state index contributed by atoms with van der Waals surface area (Å²) >= 11 is 0. The first-order chi connectivity index (χ1) is 8.29. The van der Waals surface area contributed by atoms with E-state index in [0.29, 0.717) is 6.42 Å². The van der Waals surface area contributed by atoms with E-state index in [1.807, 2.05) is 52.0 Å². The smallest absolute Gasteiger partial charge is 0.224 e. The Morgan fingerprint density at radius 2 is 1.89 bits per heavy atom. The zero-order valence-electron chi connectivity index (χ0n) is 11.5. The van der Waals surface area contributed by atoms with Gasteiger partial charge in [0.2, 0.25) is 5.91 Å². The molecule has 0 unspecified atom stereocenters. The molecule has 0 saturated carbocycles. The van der Waals surface area contributed by atoms with Gasteiger partial charge >= 0.3 is 0 Å². The van der Waals surface area contributed by atoms with Crippen molar-refractivity contribution in [3.05, 3.63) is 35.4 Å². The Balaban J connectivity index is 2.46. The van der Waals surface area contributed by atoms with Crippen LogP contribution >= 0.6 is 0 Å². The Kier molecular flexibility index (Phi) is 4.65. The third-order valence-electron chi connectivity index (χ3n) is 2.73. The quantitative estimate of drug-likeness (QED) is 0.887. The van der Waals surface area contributed by atoms with Crippen LogP contribution < -0.4 is 5.32 Å². The highest BCUT2D eigenvalue weighted by Crippen LogP contribution is 2.13. The van der Waals surface area contributed by atoms with Crippen molar-refractivity contribution in [3.63, 3.8) is 0 Å². The summed E-state index contributed by atoms with van der Waals surface area (Å²) in [5.74, 6) is -0.0710. The second-order valence-corrected chi connectivity index (χ2v) is 5.62. The van der Waals surface area contributed by atoms with Gasteiger partial charge in [-0.05, 0) is 12.5 Å². The van der Waals surface area contributed by atoms with E-state index in [1.54, 1.807) is 0 Å². The van der Waals surface area contributed by atoms with E-state index >= 15 is 0 Å².